The van der Waals surface area contributed by atoms with E-state index in [1.165, 1.54) is 11.6 Å². The molecule has 0 spiro atoms. The Bertz CT molecular complexity index is 632. The van der Waals surface area contributed by atoms with Gasteiger partial charge in [0.15, 0.2) is 0 Å². The first-order valence-corrected chi connectivity index (χ1v) is 7.05. The molecule has 0 atom stereocenters. The first kappa shape index (κ1) is 15.1. The minimum Gasteiger partial charge on any atom is -0.508 e. The Morgan fingerprint density at radius 2 is 1.41 bits per heavy atom. The lowest BCUT2D eigenvalue weighted by molar-refractivity contribution is 0.275. The van der Waals surface area contributed by atoms with Gasteiger partial charge < -0.3 is 24.5 Å². The number of aryl methyl sites for hydroxylation is 1. The first-order chi connectivity index (χ1) is 10.5. The number of phenolic OH excluding ortho intramolecular Hbond substituents is 1. The van der Waals surface area contributed by atoms with Crippen molar-refractivity contribution in [2.75, 3.05) is 0 Å². The zero-order valence-electron chi connectivity index (χ0n) is 12.2. The van der Waals surface area contributed by atoms with Crippen LogP contribution in [0.25, 0.3) is 0 Å². The van der Waals surface area contributed by atoms with Crippen molar-refractivity contribution in [3.8, 4) is 5.75 Å². The normalized spacial score (nSPS) is 15.2. The molecule has 0 bridgehead atoms. The van der Waals surface area contributed by atoms with E-state index in [1.54, 1.807) is 12.1 Å². The van der Waals surface area contributed by atoms with E-state index in [9.17, 15) is 5.02 Å². The average molecular weight is 298 g/mol. The van der Waals surface area contributed by atoms with E-state index in [2.05, 4.69) is 0 Å². The van der Waals surface area contributed by atoms with Crippen LogP contribution < -0.4 is 10.9 Å². The average Bonchev–Trinajstić information content (AvgIpc) is 3.03. The molecule has 2 aromatic carbocycles. The lowest BCUT2D eigenvalue weighted by Crippen LogP contribution is -2.27. The second-order valence-electron chi connectivity index (χ2n) is 5.41. The zero-order valence-corrected chi connectivity index (χ0v) is 12.2. The highest BCUT2D eigenvalue weighted by Crippen LogP contribution is 2.15. The van der Waals surface area contributed by atoms with Gasteiger partial charge in [0.2, 0.25) is 0 Å². The highest BCUT2D eigenvalue weighted by molar-refractivity contribution is 6.61. The number of hydrogen-bond acceptors (Lipinski definition) is 5. The first-order valence-electron chi connectivity index (χ1n) is 7.05. The fourth-order valence-electron chi connectivity index (χ4n) is 2.58. The number of fused-ring (bicyclic) bond motifs is 2. The standard InChI is InChI=1S/C8H9BO2.C7H7BO3/c1-6-2-3-8-7(4-6)5-11-9(8)10;9-6-1-2-7-5(3-6)4-11-8(7)10/h2-4,10H,5H2,1H3;1-3,9-10H,4H2. The molecule has 0 radical (unpaired) electrons. The van der Waals surface area contributed by atoms with E-state index in [0.29, 0.717) is 13.2 Å². The molecule has 3 N–H and O–H groups in total. The SMILES string of the molecule is Cc1ccc2c(c1)COB2O.OB1OCc2cc(O)ccc21. The Morgan fingerprint density at radius 3 is 2.05 bits per heavy atom. The molecule has 2 aromatic rings. The molecule has 22 heavy (non-hydrogen) atoms. The summed E-state index contributed by atoms with van der Waals surface area (Å²) in [5.41, 5.74) is 4.84. The van der Waals surface area contributed by atoms with Crippen molar-refractivity contribution < 1.29 is 24.5 Å². The Balaban J connectivity index is 0.000000131. The molecule has 0 unspecified atom stereocenters. The van der Waals surface area contributed by atoms with Crippen molar-refractivity contribution >= 4 is 25.2 Å². The molecule has 0 fully saturated rings. The van der Waals surface area contributed by atoms with Crippen molar-refractivity contribution in [2.45, 2.75) is 20.1 Å². The second kappa shape index (κ2) is 6.14. The summed E-state index contributed by atoms with van der Waals surface area (Å²) < 4.78 is 9.96. The number of hydrogen-bond donors (Lipinski definition) is 3. The van der Waals surface area contributed by atoms with Gasteiger partial charge >= 0.3 is 14.2 Å². The van der Waals surface area contributed by atoms with Crippen LogP contribution in [0.15, 0.2) is 36.4 Å². The van der Waals surface area contributed by atoms with Gasteiger partial charge in [0, 0.05) is 0 Å². The molecule has 0 saturated heterocycles. The quantitative estimate of drug-likeness (QED) is 0.588. The van der Waals surface area contributed by atoms with Gasteiger partial charge in [-0.2, -0.15) is 0 Å². The maximum Gasteiger partial charge on any atom is 0.491 e. The summed E-state index contributed by atoms with van der Waals surface area (Å²) in [5, 5.41) is 27.5. The molecule has 0 saturated carbocycles. The molecule has 5 nitrogen and oxygen atoms in total. The minimum absolute atomic E-state index is 0.210. The largest absolute Gasteiger partial charge is 0.508 e. The molecule has 0 amide bonds. The monoisotopic (exact) mass is 298 g/mol. The van der Waals surface area contributed by atoms with E-state index < -0.39 is 14.2 Å². The van der Waals surface area contributed by atoms with Crippen LogP contribution in [0.5, 0.6) is 5.75 Å². The van der Waals surface area contributed by atoms with Crippen molar-refractivity contribution in [2.24, 2.45) is 0 Å². The van der Waals surface area contributed by atoms with Gasteiger partial charge in [-0.15, -0.1) is 0 Å². The van der Waals surface area contributed by atoms with Crippen molar-refractivity contribution in [1.82, 2.24) is 0 Å². The Morgan fingerprint density at radius 1 is 0.864 bits per heavy atom. The van der Waals surface area contributed by atoms with Crippen LogP contribution >= 0.6 is 0 Å². The van der Waals surface area contributed by atoms with Gasteiger partial charge in [-0.3, -0.25) is 0 Å². The Kier molecular flexibility index (Phi) is 4.22. The van der Waals surface area contributed by atoms with E-state index in [4.69, 9.17) is 19.4 Å². The smallest absolute Gasteiger partial charge is 0.491 e. The van der Waals surface area contributed by atoms with Crippen LogP contribution in [-0.2, 0) is 22.5 Å². The Hall–Kier alpha value is -1.79. The molecule has 112 valence electrons. The van der Waals surface area contributed by atoms with E-state index >= 15 is 0 Å². The molecule has 2 aliphatic rings. The summed E-state index contributed by atoms with van der Waals surface area (Å²) in [6.07, 6.45) is 0. The molecule has 2 aliphatic heterocycles. The van der Waals surface area contributed by atoms with Crippen LogP contribution in [0.3, 0.4) is 0 Å². The summed E-state index contributed by atoms with van der Waals surface area (Å²) >= 11 is 0. The van der Waals surface area contributed by atoms with Crippen LogP contribution in [0.2, 0.25) is 0 Å². The predicted molar refractivity (Wildman–Crippen MR) is 84.1 cm³/mol. The number of benzene rings is 2. The van der Waals surface area contributed by atoms with Gasteiger partial charge in [0.25, 0.3) is 0 Å². The molecule has 2 heterocycles. The fourth-order valence-corrected chi connectivity index (χ4v) is 2.58. The van der Waals surface area contributed by atoms with Gasteiger partial charge in [0.1, 0.15) is 5.75 Å². The third kappa shape index (κ3) is 3.03. The third-order valence-electron chi connectivity index (χ3n) is 3.75. The van der Waals surface area contributed by atoms with Gasteiger partial charge in [0.05, 0.1) is 13.2 Å². The lowest BCUT2D eigenvalue weighted by atomic mass is 9.79. The minimum atomic E-state index is -0.814. The summed E-state index contributed by atoms with van der Waals surface area (Å²) in [4.78, 5) is 0. The van der Waals surface area contributed by atoms with Crippen molar-refractivity contribution in [3.63, 3.8) is 0 Å². The van der Waals surface area contributed by atoms with Crippen LogP contribution in [-0.4, -0.2) is 29.4 Å². The molecule has 0 aromatic heterocycles. The summed E-state index contributed by atoms with van der Waals surface area (Å²) in [5.74, 6) is 0.210. The number of rotatable bonds is 0. The highest BCUT2D eigenvalue weighted by Gasteiger charge is 2.27. The predicted octanol–water partition coefficient (Wildman–Crippen LogP) is -0.177. The van der Waals surface area contributed by atoms with Crippen LogP contribution in [0, 0.1) is 6.92 Å². The maximum absolute atomic E-state index is 9.25. The molecule has 4 rings (SSSR count). The summed E-state index contributed by atoms with van der Waals surface area (Å²) in [6, 6.07) is 10.8. The third-order valence-corrected chi connectivity index (χ3v) is 3.75. The number of phenols is 1. The summed E-state index contributed by atoms with van der Waals surface area (Å²) in [6.45, 7) is 2.95. The maximum atomic E-state index is 9.25. The Labute approximate surface area is 129 Å². The highest BCUT2D eigenvalue weighted by atomic mass is 16.5. The second-order valence-corrected chi connectivity index (χ2v) is 5.41. The molecular formula is C15H16B2O5. The molecule has 0 aliphatic carbocycles. The van der Waals surface area contributed by atoms with Crippen LogP contribution in [0.4, 0.5) is 0 Å². The van der Waals surface area contributed by atoms with Gasteiger partial charge in [-0.05, 0) is 41.1 Å². The van der Waals surface area contributed by atoms with E-state index in [1.807, 2.05) is 25.1 Å². The lowest BCUT2D eigenvalue weighted by Gasteiger charge is -1.97. The topological polar surface area (TPSA) is 79.2 Å². The van der Waals surface area contributed by atoms with Crippen molar-refractivity contribution in [1.29, 1.82) is 0 Å². The molecular weight excluding hydrogens is 282 g/mol. The van der Waals surface area contributed by atoms with E-state index in [0.717, 1.165) is 22.1 Å². The molecule has 7 heteroatoms. The van der Waals surface area contributed by atoms with E-state index in [-0.39, 0.29) is 5.75 Å². The fraction of sp³-hybridized carbons (Fsp3) is 0.200. The summed E-state index contributed by atoms with van der Waals surface area (Å²) in [7, 11) is -1.52. The van der Waals surface area contributed by atoms with Crippen LogP contribution in [0.1, 0.15) is 16.7 Å². The number of aromatic hydroxyl groups is 1. The zero-order chi connectivity index (χ0) is 15.7. The van der Waals surface area contributed by atoms with Crippen molar-refractivity contribution in [3.05, 3.63) is 53.1 Å². The van der Waals surface area contributed by atoms with Gasteiger partial charge in [-0.1, -0.05) is 29.8 Å². The van der Waals surface area contributed by atoms with Gasteiger partial charge in [-0.25, -0.2) is 0 Å².